The number of halogens is 1. The zero-order valence-corrected chi connectivity index (χ0v) is 11.1. The molecule has 18 heavy (non-hydrogen) atoms. The molecule has 86 valence electrons. The second kappa shape index (κ2) is 4.32. The third-order valence-corrected chi connectivity index (χ3v) is 3.39. The van der Waals surface area contributed by atoms with Crippen LogP contribution in [0.4, 0.5) is 0 Å². The molecule has 0 saturated carbocycles. The van der Waals surface area contributed by atoms with Crippen molar-refractivity contribution in [3.8, 4) is 17.3 Å². The lowest BCUT2D eigenvalue weighted by Crippen LogP contribution is -1.87. The van der Waals surface area contributed by atoms with E-state index in [4.69, 9.17) is 5.26 Å². The number of hydrogen-bond acceptors (Lipinski definition) is 1. The first-order valence-corrected chi connectivity index (χ1v) is 6.34. The van der Waals surface area contributed by atoms with Crippen molar-refractivity contribution in [2.75, 3.05) is 0 Å². The van der Waals surface area contributed by atoms with Crippen LogP contribution in [-0.2, 0) is 0 Å². The van der Waals surface area contributed by atoms with Crippen LogP contribution >= 0.6 is 15.9 Å². The van der Waals surface area contributed by atoms with Gasteiger partial charge in [-0.25, -0.2) is 0 Å². The molecule has 0 fully saturated rings. The first-order valence-electron chi connectivity index (χ1n) is 5.55. The predicted octanol–water partition coefficient (Wildman–Crippen LogP) is 4.24. The number of hydrogen-bond donors (Lipinski definition) is 0. The highest BCUT2D eigenvalue weighted by atomic mass is 79.9. The molecule has 0 unspecified atom stereocenters. The molecule has 3 aromatic rings. The van der Waals surface area contributed by atoms with Crippen LogP contribution in [0.5, 0.6) is 0 Å². The van der Waals surface area contributed by atoms with Gasteiger partial charge in [-0.05, 0) is 57.9 Å². The second-order valence-electron chi connectivity index (χ2n) is 4.05. The molecule has 2 heterocycles. The molecule has 3 rings (SSSR count). The first-order chi connectivity index (χ1) is 8.78. The minimum atomic E-state index is 0.681. The molecule has 0 amide bonds. The van der Waals surface area contributed by atoms with Gasteiger partial charge >= 0.3 is 0 Å². The lowest BCUT2D eigenvalue weighted by molar-refractivity contribution is 1.19. The highest BCUT2D eigenvalue weighted by Gasteiger charge is 2.04. The van der Waals surface area contributed by atoms with E-state index in [0.717, 1.165) is 21.2 Å². The highest BCUT2D eigenvalue weighted by molar-refractivity contribution is 9.10. The summed E-state index contributed by atoms with van der Waals surface area (Å²) in [7, 11) is 0. The van der Waals surface area contributed by atoms with Crippen molar-refractivity contribution in [2.24, 2.45) is 0 Å². The van der Waals surface area contributed by atoms with Crippen molar-refractivity contribution in [3.63, 3.8) is 0 Å². The largest absolute Gasteiger partial charge is 0.315 e. The molecule has 0 aliphatic heterocycles. The zero-order chi connectivity index (χ0) is 12.5. The summed E-state index contributed by atoms with van der Waals surface area (Å²) in [5, 5.41) is 8.81. The molecule has 0 N–H and O–H groups in total. The Labute approximate surface area is 113 Å². The fourth-order valence-corrected chi connectivity index (χ4v) is 2.36. The van der Waals surface area contributed by atoms with E-state index < -0.39 is 0 Å². The highest BCUT2D eigenvalue weighted by Crippen LogP contribution is 2.24. The van der Waals surface area contributed by atoms with Gasteiger partial charge in [-0.1, -0.05) is 12.1 Å². The van der Waals surface area contributed by atoms with E-state index in [9.17, 15) is 0 Å². The van der Waals surface area contributed by atoms with E-state index in [1.807, 2.05) is 36.5 Å². The summed E-state index contributed by atoms with van der Waals surface area (Å²) >= 11 is 3.48. The van der Waals surface area contributed by atoms with Gasteiger partial charge in [0, 0.05) is 16.2 Å². The lowest BCUT2D eigenvalue weighted by atomic mass is 10.1. The zero-order valence-electron chi connectivity index (χ0n) is 9.47. The molecule has 0 bridgehead atoms. The number of pyridine rings is 1. The molecule has 2 aromatic heterocycles. The molecule has 0 atom stereocenters. The monoisotopic (exact) mass is 296 g/mol. The van der Waals surface area contributed by atoms with Crippen LogP contribution in [0, 0.1) is 11.3 Å². The number of nitrogens with zero attached hydrogens (tertiary/aromatic N) is 2. The normalized spacial score (nSPS) is 10.4. The fraction of sp³-hybridized carbons (Fsp3) is 0. The van der Waals surface area contributed by atoms with Crippen LogP contribution in [-0.4, -0.2) is 4.40 Å². The van der Waals surface area contributed by atoms with Crippen LogP contribution in [0.3, 0.4) is 0 Å². The Morgan fingerprint density at radius 2 is 1.67 bits per heavy atom. The van der Waals surface area contributed by atoms with E-state index in [1.54, 1.807) is 0 Å². The van der Waals surface area contributed by atoms with Crippen molar-refractivity contribution in [3.05, 3.63) is 64.8 Å². The van der Waals surface area contributed by atoms with Crippen molar-refractivity contribution in [1.82, 2.24) is 4.40 Å². The van der Waals surface area contributed by atoms with Crippen molar-refractivity contribution in [1.29, 1.82) is 5.26 Å². The topological polar surface area (TPSA) is 28.2 Å². The van der Waals surface area contributed by atoms with Gasteiger partial charge in [-0.3, -0.25) is 0 Å². The minimum absolute atomic E-state index is 0.681. The molecule has 0 saturated heterocycles. The molecule has 0 aliphatic rings. The average Bonchev–Trinajstić information content (AvgIpc) is 2.82. The fourth-order valence-electron chi connectivity index (χ4n) is 2.03. The summed E-state index contributed by atoms with van der Waals surface area (Å²) in [5.74, 6) is 0. The first kappa shape index (κ1) is 11.1. The average molecular weight is 297 g/mol. The third-order valence-electron chi connectivity index (χ3n) is 2.93. The maximum atomic E-state index is 8.81. The second-order valence-corrected chi connectivity index (χ2v) is 4.97. The Bertz CT molecular complexity index is 748. The van der Waals surface area contributed by atoms with Gasteiger partial charge in [-0.2, -0.15) is 5.26 Å². The molecule has 0 radical (unpaired) electrons. The van der Waals surface area contributed by atoms with E-state index in [-0.39, 0.29) is 0 Å². The van der Waals surface area contributed by atoms with Crippen LogP contribution in [0.25, 0.3) is 16.8 Å². The smallest absolute Gasteiger partial charge is 0.0991 e. The molecule has 3 heteroatoms. The Morgan fingerprint density at radius 3 is 2.39 bits per heavy atom. The third kappa shape index (κ3) is 1.81. The SMILES string of the molecule is N#Cc1ccc(-c2ccc3ccc(Br)cn23)cc1. The van der Waals surface area contributed by atoms with Crippen LogP contribution in [0.15, 0.2) is 59.2 Å². The Kier molecular flexibility index (Phi) is 2.66. The molecule has 0 aliphatic carbocycles. The summed E-state index contributed by atoms with van der Waals surface area (Å²) in [5.41, 5.74) is 4.06. The minimum Gasteiger partial charge on any atom is -0.315 e. The Balaban J connectivity index is 2.19. The lowest BCUT2D eigenvalue weighted by Gasteiger charge is -2.04. The maximum Gasteiger partial charge on any atom is 0.0991 e. The van der Waals surface area contributed by atoms with Crippen molar-refractivity contribution >= 4 is 21.4 Å². The summed E-state index contributed by atoms with van der Waals surface area (Å²) in [4.78, 5) is 0. The van der Waals surface area contributed by atoms with Crippen LogP contribution in [0.1, 0.15) is 5.56 Å². The number of nitriles is 1. The van der Waals surface area contributed by atoms with E-state index in [2.05, 4.69) is 44.6 Å². The summed E-state index contributed by atoms with van der Waals surface area (Å²) in [6, 6.07) is 18.0. The van der Waals surface area contributed by atoms with Gasteiger partial charge in [-0.15, -0.1) is 0 Å². The van der Waals surface area contributed by atoms with E-state index in [0.29, 0.717) is 5.56 Å². The van der Waals surface area contributed by atoms with Crippen molar-refractivity contribution in [2.45, 2.75) is 0 Å². The molecule has 1 aromatic carbocycles. The summed E-state index contributed by atoms with van der Waals surface area (Å²) in [6.07, 6.45) is 2.04. The van der Waals surface area contributed by atoms with Gasteiger partial charge in [0.15, 0.2) is 0 Å². The number of aromatic nitrogens is 1. The number of fused-ring (bicyclic) bond motifs is 1. The summed E-state index contributed by atoms with van der Waals surface area (Å²) < 4.78 is 3.17. The Morgan fingerprint density at radius 1 is 0.944 bits per heavy atom. The predicted molar refractivity (Wildman–Crippen MR) is 75.2 cm³/mol. The van der Waals surface area contributed by atoms with E-state index >= 15 is 0 Å². The number of rotatable bonds is 1. The number of benzene rings is 1. The molecular weight excluding hydrogens is 288 g/mol. The van der Waals surface area contributed by atoms with Gasteiger partial charge < -0.3 is 4.40 Å². The van der Waals surface area contributed by atoms with Gasteiger partial charge in [0.25, 0.3) is 0 Å². The van der Waals surface area contributed by atoms with Crippen LogP contribution < -0.4 is 0 Å². The van der Waals surface area contributed by atoms with Crippen molar-refractivity contribution < 1.29 is 0 Å². The standard InChI is InChI=1S/C15H9BrN2/c16-13-5-6-14-7-8-15(18(14)10-13)12-3-1-11(9-17)2-4-12/h1-8,10H. The van der Waals surface area contributed by atoms with Gasteiger partial charge in [0.1, 0.15) is 0 Å². The van der Waals surface area contributed by atoms with Crippen LogP contribution in [0.2, 0.25) is 0 Å². The molecular formula is C15H9BrN2. The van der Waals surface area contributed by atoms with Gasteiger partial charge in [0.2, 0.25) is 0 Å². The Hall–Kier alpha value is -2.05. The van der Waals surface area contributed by atoms with E-state index in [1.165, 1.54) is 0 Å². The molecule has 2 nitrogen and oxygen atoms in total. The quantitative estimate of drug-likeness (QED) is 0.660. The van der Waals surface area contributed by atoms with Gasteiger partial charge in [0.05, 0.1) is 17.3 Å². The molecule has 0 spiro atoms. The maximum absolute atomic E-state index is 8.81. The summed E-state index contributed by atoms with van der Waals surface area (Å²) in [6.45, 7) is 0.